The van der Waals surface area contributed by atoms with Gasteiger partial charge in [-0.15, -0.1) is 11.3 Å². The average molecular weight is 1010 g/mol. The van der Waals surface area contributed by atoms with Gasteiger partial charge in [-0.1, -0.05) is 143 Å². The van der Waals surface area contributed by atoms with Crippen molar-refractivity contribution in [1.29, 1.82) is 0 Å². The molecule has 0 unspecified atom stereocenters. The molecule has 8 aromatic carbocycles. The molecule has 4 nitrogen and oxygen atoms in total. The molecule has 0 saturated carbocycles. The molecule has 76 heavy (non-hydrogen) atoms. The first-order chi connectivity index (χ1) is 36.3. The lowest BCUT2D eigenvalue weighted by molar-refractivity contribution is 0.332. The van der Waals surface area contributed by atoms with Crippen LogP contribution in [0, 0.1) is 0 Å². The summed E-state index contributed by atoms with van der Waals surface area (Å²) in [6, 6.07) is 51.4. The molecule has 0 bridgehead atoms. The molecule has 16 rings (SSSR count). The van der Waals surface area contributed by atoms with Crippen LogP contribution in [0.1, 0.15) is 130 Å². The number of nitrogens with zero attached hydrogens (tertiary/aromatic N) is 2. The van der Waals surface area contributed by atoms with Gasteiger partial charge in [-0.2, -0.15) is 0 Å². The lowest BCUT2D eigenvalue weighted by Gasteiger charge is -2.42. The molecule has 0 spiro atoms. The van der Waals surface area contributed by atoms with E-state index in [1.165, 1.54) is 109 Å². The highest BCUT2D eigenvalue weighted by molar-refractivity contribution is 7.27. The van der Waals surface area contributed by atoms with Crippen molar-refractivity contribution in [3.05, 3.63) is 161 Å². The van der Waals surface area contributed by atoms with Gasteiger partial charge in [0.15, 0.2) is 0 Å². The second kappa shape index (κ2) is 14.5. The van der Waals surface area contributed by atoms with Crippen molar-refractivity contribution < 1.29 is 8.83 Å². The van der Waals surface area contributed by atoms with Gasteiger partial charge in [-0.05, 0) is 169 Å². The van der Waals surface area contributed by atoms with Crippen molar-refractivity contribution in [3.63, 3.8) is 0 Å². The first-order valence-electron chi connectivity index (χ1n) is 27.9. The Bertz CT molecular complexity index is 4570. The number of hydrogen-bond donors (Lipinski definition) is 0. The van der Waals surface area contributed by atoms with Crippen LogP contribution in [0.4, 0.5) is 11.4 Å². The number of anilines is 2. The summed E-state index contributed by atoms with van der Waals surface area (Å²) in [5, 5.41) is 8.78. The predicted octanol–water partition coefficient (Wildman–Crippen LogP) is 18.7. The van der Waals surface area contributed by atoms with Crippen LogP contribution in [0.15, 0.2) is 142 Å². The van der Waals surface area contributed by atoms with E-state index in [0.717, 1.165) is 70.2 Å². The Kier molecular flexibility index (Phi) is 8.63. The van der Waals surface area contributed by atoms with E-state index < -0.39 is 0 Å². The number of furan rings is 2. The highest BCUT2D eigenvalue weighted by Crippen LogP contribution is 2.57. The Morgan fingerprint density at radius 2 is 1.14 bits per heavy atom. The van der Waals surface area contributed by atoms with Crippen molar-refractivity contribution in [2.75, 3.05) is 4.81 Å². The molecule has 6 heteroatoms. The lowest BCUT2D eigenvalue weighted by atomic mass is 9.46. The Morgan fingerprint density at radius 1 is 0.526 bits per heavy atom. The fourth-order valence-corrected chi connectivity index (χ4v) is 16.1. The van der Waals surface area contributed by atoms with Gasteiger partial charge >= 0.3 is 6.85 Å². The molecule has 0 saturated heterocycles. The summed E-state index contributed by atoms with van der Waals surface area (Å²) in [6.07, 6.45) is 4.60. The van der Waals surface area contributed by atoms with Gasteiger partial charge in [-0.25, -0.2) is 0 Å². The Labute approximate surface area is 449 Å². The number of benzene rings is 8. The van der Waals surface area contributed by atoms with Crippen LogP contribution in [0.25, 0.3) is 103 Å². The van der Waals surface area contributed by atoms with Crippen LogP contribution >= 0.6 is 11.3 Å². The zero-order valence-electron chi connectivity index (χ0n) is 45.7. The summed E-state index contributed by atoms with van der Waals surface area (Å²) in [5.41, 5.74) is 23.2. The number of hydrogen-bond acceptors (Lipinski definition) is 4. The van der Waals surface area contributed by atoms with Gasteiger partial charge < -0.3 is 18.2 Å². The van der Waals surface area contributed by atoms with E-state index in [9.17, 15) is 0 Å². The van der Waals surface area contributed by atoms with Crippen molar-refractivity contribution >= 4 is 116 Å². The maximum atomic E-state index is 7.66. The summed E-state index contributed by atoms with van der Waals surface area (Å²) in [6.45, 7) is 26.2. The molecule has 0 fully saturated rings. The summed E-state index contributed by atoms with van der Waals surface area (Å²) >= 11 is 1.96. The predicted molar refractivity (Wildman–Crippen MR) is 324 cm³/mol. The van der Waals surface area contributed by atoms with Gasteiger partial charge in [0.2, 0.25) is 0 Å². The normalized spacial score (nSPS) is 17.8. The maximum Gasteiger partial charge on any atom is 0.375 e. The molecule has 0 N–H and O–H groups in total. The molecule has 374 valence electrons. The van der Waals surface area contributed by atoms with Gasteiger partial charge in [0.25, 0.3) is 0 Å². The summed E-state index contributed by atoms with van der Waals surface area (Å²) in [4.78, 5) is 2.66. The highest BCUT2D eigenvalue weighted by Gasteiger charge is 2.50. The number of thiophene rings is 1. The molecule has 2 aliphatic heterocycles. The topological polar surface area (TPSA) is 34.5 Å². The fourth-order valence-electron chi connectivity index (χ4n) is 14.9. The van der Waals surface area contributed by atoms with E-state index in [1.807, 2.05) is 11.3 Å². The minimum Gasteiger partial charge on any atom is -0.466 e. The number of fused-ring (bicyclic) bond motifs is 20. The van der Waals surface area contributed by atoms with Crippen molar-refractivity contribution in [2.45, 2.75) is 129 Å². The highest BCUT2D eigenvalue weighted by atomic mass is 32.1. The number of rotatable bonds is 2. The van der Waals surface area contributed by atoms with Gasteiger partial charge in [0, 0.05) is 64.0 Å². The van der Waals surface area contributed by atoms with Crippen molar-refractivity contribution in [3.8, 4) is 27.9 Å². The molecular formula is C70H63BN2O2S. The Morgan fingerprint density at radius 3 is 1.84 bits per heavy atom. The van der Waals surface area contributed by atoms with Gasteiger partial charge in [-0.3, -0.25) is 0 Å². The molecule has 6 heterocycles. The van der Waals surface area contributed by atoms with E-state index in [0.29, 0.717) is 0 Å². The molecule has 0 atom stereocenters. The summed E-state index contributed by atoms with van der Waals surface area (Å²) in [5.74, 6) is 0. The SMILES string of the molecule is CC(C)(C)c1ccc(N2B3c4oc5ccc(-c6ccccc6)cc5c4-n4c5cc6c(cc5c5c7sc8ccccc8c7c(c3c54)-c3cc4oc5cc7c(cc5c4cc32)C(C)(C)CCC7(C)C)C(C)(C)CCC6(C)C)cc1. The maximum absolute atomic E-state index is 7.66. The fraction of sp³-hybridized carbons (Fsp3) is 0.286. The van der Waals surface area contributed by atoms with Gasteiger partial charge in [0.05, 0.1) is 16.7 Å². The molecule has 2 aliphatic carbocycles. The molecule has 4 aromatic heterocycles. The van der Waals surface area contributed by atoms with Crippen LogP contribution in [0.5, 0.6) is 0 Å². The first kappa shape index (κ1) is 45.2. The van der Waals surface area contributed by atoms with E-state index in [2.05, 4.69) is 219 Å². The molecule has 0 radical (unpaired) electrons. The quantitative estimate of drug-likeness (QED) is 0.162. The van der Waals surface area contributed by atoms with Crippen molar-refractivity contribution in [2.24, 2.45) is 0 Å². The van der Waals surface area contributed by atoms with E-state index in [1.54, 1.807) is 0 Å². The Balaban J connectivity index is 1.12. The van der Waals surface area contributed by atoms with Crippen LogP contribution < -0.4 is 15.9 Å². The zero-order chi connectivity index (χ0) is 51.9. The van der Waals surface area contributed by atoms with Crippen LogP contribution in [0.2, 0.25) is 0 Å². The zero-order valence-corrected chi connectivity index (χ0v) is 46.5. The Hall–Kier alpha value is -7.02. The summed E-state index contributed by atoms with van der Waals surface area (Å²) < 4.78 is 20.2. The average Bonchev–Trinajstić information content (AvgIpc) is 4.01. The minimum atomic E-state index is -0.307. The minimum absolute atomic E-state index is 0.0114. The third kappa shape index (κ3) is 5.87. The third-order valence-corrected chi connectivity index (χ3v) is 20.6. The second-order valence-electron chi connectivity index (χ2n) is 26.9. The lowest BCUT2D eigenvalue weighted by Crippen LogP contribution is -2.60. The second-order valence-corrected chi connectivity index (χ2v) is 28.0. The van der Waals surface area contributed by atoms with Crippen molar-refractivity contribution in [1.82, 2.24) is 4.57 Å². The van der Waals surface area contributed by atoms with Crippen LogP contribution in [-0.2, 0) is 27.1 Å². The first-order valence-corrected chi connectivity index (χ1v) is 28.7. The number of aromatic nitrogens is 1. The van der Waals surface area contributed by atoms with Gasteiger partial charge in [0.1, 0.15) is 22.4 Å². The molecular weight excluding hydrogens is 944 g/mol. The third-order valence-electron chi connectivity index (χ3n) is 19.4. The standard InChI is InChI=1S/C70H63BN2O2S/c1-66(2,3)40-22-24-41(25-23-40)73-53-34-44-43-32-48-51(70(10,11)30-28-67(48,4)5)37-56(43)74-55(44)35-46(53)58-59-42-19-15-16-20-57(42)76-64(59)60-45-33-49-50(69(8,9)29-27-68(49,6)7)36-52(45)72-62-47-31-39(38-17-13-12-14-18-38)21-26-54(47)75-65(62)71(73)61(58)63(60)72/h12-26,31-37H,27-30H2,1-11H3. The molecule has 0 amide bonds. The monoisotopic (exact) mass is 1010 g/mol. The van der Waals surface area contributed by atoms with Crippen LogP contribution in [-0.4, -0.2) is 11.4 Å². The van der Waals surface area contributed by atoms with E-state index in [-0.39, 0.29) is 33.9 Å². The molecule has 4 aliphatic rings. The van der Waals surface area contributed by atoms with Crippen LogP contribution in [0.3, 0.4) is 0 Å². The summed E-state index contributed by atoms with van der Waals surface area (Å²) in [7, 11) is 0. The van der Waals surface area contributed by atoms with E-state index in [4.69, 9.17) is 8.83 Å². The largest absolute Gasteiger partial charge is 0.466 e. The van der Waals surface area contributed by atoms with E-state index >= 15 is 0 Å². The molecule has 12 aromatic rings. The smallest absolute Gasteiger partial charge is 0.375 e.